The van der Waals surface area contributed by atoms with E-state index in [0.717, 1.165) is 24.8 Å². The van der Waals surface area contributed by atoms with Gasteiger partial charge < -0.3 is 10.5 Å². The lowest BCUT2D eigenvalue weighted by molar-refractivity contribution is -0.142. The van der Waals surface area contributed by atoms with Gasteiger partial charge in [-0.15, -0.1) is 0 Å². The molecule has 0 aliphatic heterocycles. The molecular weight excluding hydrogens is 202 g/mol. The molecule has 16 heavy (non-hydrogen) atoms. The molecule has 0 amide bonds. The van der Waals surface area contributed by atoms with Gasteiger partial charge in [0.05, 0.1) is 19.1 Å². The second kappa shape index (κ2) is 4.26. The SMILES string of the molecule is COC(=O)CC1(N)CCCc2ccccc21. The van der Waals surface area contributed by atoms with Crippen molar-refractivity contribution in [1.82, 2.24) is 0 Å². The Balaban J connectivity index is 2.32. The van der Waals surface area contributed by atoms with E-state index < -0.39 is 5.54 Å². The van der Waals surface area contributed by atoms with Gasteiger partial charge in [0.15, 0.2) is 0 Å². The van der Waals surface area contributed by atoms with E-state index in [4.69, 9.17) is 10.5 Å². The number of hydrogen-bond donors (Lipinski definition) is 1. The van der Waals surface area contributed by atoms with Gasteiger partial charge in [0.2, 0.25) is 0 Å². The molecule has 0 saturated carbocycles. The first-order valence-corrected chi connectivity index (χ1v) is 5.60. The molecule has 1 aromatic rings. The van der Waals surface area contributed by atoms with E-state index in [9.17, 15) is 4.79 Å². The number of benzene rings is 1. The van der Waals surface area contributed by atoms with E-state index in [1.165, 1.54) is 12.7 Å². The maximum absolute atomic E-state index is 11.4. The van der Waals surface area contributed by atoms with Gasteiger partial charge in [0.1, 0.15) is 0 Å². The van der Waals surface area contributed by atoms with E-state index in [-0.39, 0.29) is 12.4 Å². The molecule has 1 atom stereocenters. The van der Waals surface area contributed by atoms with Gasteiger partial charge in [-0.2, -0.15) is 0 Å². The predicted molar refractivity (Wildman–Crippen MR) is 61.9 cm³/mol. The van der Waals surface area contributed by atoms with Gasteiger partial charge in [0, 0.05) is 0 Å². The van der Waals surface area contributed by atoms with E-state index in [0.29, 0.717) is 0 Å². The Morgan fingerprint density at radius 3 is 3.00 bits per heavy atom. The van der Waals surface area contributed by atoms with Crippen molar-refractivity contribution in [2.24, 2.45) is 5.73 Å². The topological polar surface area (TPSA) is 52.3 Å². The maximum Gasteiger partial charge on any atom is 0.307 e. The highest BCUT2D eigenvalue weighted by molar-refractivity contribution is 5.71. The van der Waals surface area contributed by atoms with E-state index in [1.54, 1.807) is 0 Å². The summed E-state index contributed by atoms with van der Waals surface area (Å²) in [4.78, 5) is 11.4. The number of esters is 1. The summed E-state index contributed by atoms with van der Waals surface area (Å²) in [6.07, 6.45) is 3.19. The summed E-state index contributed by atoms with van der Waals surface area (Å²) >= 11 is 0. The molecule has 1 unspecified atom stereocenters. The quantitative estimate of drug-likeness (QED) is 0.771. The Morgan fingerprint density at radius 2 is 2.25 bits per heavy atom. The third-order valence-electron chi connectivity index (χ3n) is 3.31. The highest BCUT2D eigenvalue weighted by Gasteiger charge is 2.34. The van der Waals surface area contributed by atoms with E-state index >= 15 is 0 Å². The second-order valence-corrected chi connectivity index (χ2v) is 4.42. The van der Waals surface area contributed by atoms with Crippen LogP contribution in [-0.4, -0.2) is 13.1 Å². The summed E-state index contributed by atoms with van der Waals surface area (Å²) in [6.45, 7) is 0. The molecule has 3 nitrogen and oxygen atoms in total. The Hall–Kier alpha value is -1.35. The van der Waals surface area contributed by atoms with Crippen LogP contribution in [0.1, 0.15) is 30.4 Å². The van der Waals surface area contributed by atoms with Crippen LogP contribution >= 0.6 is 0 Å². The van der Waals surface area contributed by atoms with Crippen LogP contribution < -0.4 is 5.73 Å². The van der Waals surface area contributed by atoms with Gasteiger partial charge in [0.25, 0.3) is 0 Å². The fourth-order valence-electron chi connectivity index (χ4n) is 2.47. The number of carbonyl (C=O) groups excluding carboxylic acids is 1. The summed E-state index contributed by atoms with van der Waals surface area (Å²) in [5, 5.41) is 0. The van der Waals surface area contributed by atoms with Crippen molar-refractivity contribution in [2.75, 3.05) is 7.11 Å². The smallest absolute Gasteiger partial charge is 0.307 e. The number of hydrogen-bond acceptors (Lipinski definition) is 3. The molecule has 0 aromatic heterocycles. The normalized spacial score (nSPS) is 23.6. The summed E-state index contributed by atoms with van der Waals surface area (Å²) in [6, 6.07) is 8.11. The monoisotopic (exact) mass is 219 g/mol. The first-order valence-electron chi connectivity index (χ1n) is 5.60. The van der Waals surface area contributed by atoms with Gasteiger partial charge in [-0.1, -0.05) is 24.3 Å². The van der Waals surface area contributed by atoms with Crippen molar-refractivity contribution in [3.8, 4) is 0 Å². The highest BCUT2D eigenvalue weighted by Crippen LogP contribution is 2.35. The molecule has 1 aliphatic rings. The lowest BCUT2D eigenvalue weighted by Crippen LogP contribution is -2.42. The van der Waals surface area contributed by atoms with Crippen molar-refractivity contribution in [1.29, 1.82) is 0 Å². The lowest BCUT2D eigenvalue weighted by atomic mass is 9.75. The fourth-order valence-corrected chi connectivity index (χ4v) is 2.47. The van der Waals surface area contributed by atoms with E-state index in [1.807, 2.05) is 18.2 Å². The predicted octanol–water partition coefficient (Wildman–Crippen LogP) is 1.74. The minimum absolute atomic E-state index is 0.237. The number of fused-ring (bicyclic) bond motifs is 1. The average molecular weight is 219 g/mol. The molecule has 2 N–H and O–H groups in total. The molecule has 0 fully saturated rings. The molecule has 1 aliphatic carbocycles. The maximum atomic E-state index is 11.4. The fraction of sp³-hybridized carbons (Fsp3) is 0.462. The number of rotatable bonds is 2. The minimum atomic E-state index is -0.540. The van der Waals surface area contributed by atoms with Crippen molar-refractivity contribution in [2.45, 2.75) is 31.2 Å². The molecule has 0 radical (unpaired) electrons. The van der Waals surface area contributed by atoms with Crippen LogP contribution in [0.3, 0.4) is 0 Å². The Morgan fingerprint density at radius 1 is 1.50 bits per heavy atom. The minimum Gasteiger partial charge on any atom is -0.469 e. The summed E-state index contributed by atoms with van der Waals surface area (Å²) in [7, 11) is 1.40. The third-order valence-corrected chi connectivity index (χ3v) is 3.31. The zero-order valence-corrected chi connectivity index (χ0v) is 9.53. The Labute approximate surface area is 95.6 Å². The molecule has 0 heterocycles. The highest BCUT2D eigenvalue weighted by atomic mass is 16.5. The Kier molecular flexibility index (Phi) is 2.97. The van der Waals surface area contributed by atoms with Gasteiger partial charge in [-0.25, -0.2) is 0 Å². The zero-order valence-electron chi connectivity index (χ0n) is 9.53. The second-order valence-electron chi connectivity index (χ2n) is 4.42. The van der Waals surface area contributed by atoms with Crippen molar-refractivity contribution >= 4 is 5.97 Å². The van der Waals surface area contributed by atoms with Crippen LogP contribution in [0.2, 0.25) is 0 Å². The summed E-state index contributed by atoms with van der Waals surface area (Å²) in [5.74, 6) is -0.237. The van der Waals surface area contributed by atoms with Crippen LogP contribution in [0.25, 0.3) is 0 Å². The summed E-state index contributed by atoms with van der Waals surface area (Å²) < 4.78 is 4.71. The van der Waals surface area contributed by atoms with Crippen LogP contribution in [0.4, 0.5) is 0 Å². The molecule has 1 aromatic carbocycles. The first kappa shape index (κ1) is 11.1. The molecule has 2 rings (SSSR count). The van der Waals surface area contributed by atoms with Gasteiger partial charge >= 0.3 is 5.97 Å². The molecule has 3 heteroatoms. The van der Waals surface area contributed by atoms with Crippen molar-refractivity contribution in [3.63, 3.8) is 0 Å². The standard InChI is InChI=1S/C13H17NO2/c1-16-12(15)9-13(14)8-4-6-10-5-2-3-7-11(10)13/h2-3,5,7H,4,6,8-9,14H2,1H3. The lowest BCUT2D eigenvalue weighted by Gasteiger charge is -2.34. The van der Waals surface area contributed by atoms with E-state index in [2.05, 4.69) is 6.07 Å². The van der Waals surface area contributed by atoms with Crippen LogP contribution in [0.5, 0.6) is 0 Å². The number of methoxy groups -OCH3 is 1. The Bertz CT molecular complexity index is 403. The number of carbonyl (C=O) groups is 1. The molecule has 0 bridgehead atoms. The molecular formula is C13H17NO2. The van der Waals surface area contributed by atoms with Crippen LogP contribution in [0, 0.1) is 0 Å². The molecule has 0 saturated heterocycles. The number of ether oxygens (including phenoxy) is 1. The first-order chi connectivity index (χ1) is 7.65. The van der Waals surface area contributed by atoms with Gasteiger partial charge in [-0.3, -0.25) is 4.79 Å². The summed E-state index contributed by atoms with van der Waals surface area (Å²) in [5.41, 5.74) is 8.17. The van der Waals surface area contributed by atoms with Crippen molar-refractivity contribution in [3.05, 3.63) is 35.4 Å². The zero-order chi connectivity index (χ0) is 11.6. The number of aryl methyl sites for hydroxylation is 1. The third kappa shape index (κ3) is 1.95. The van der Waals surface area contributed by atoms with Gasteiger partial charge in [-0.05, 0) is 30.4 Å². The molecule has 0 spiro atoms. The largest absolute Gasteiger partial charge is 0.469 e. The van der Waals surface area contributed by atoms with Crippen LogP contribution in [-0.2, 0) is 21.5 Å². The number of nitrogens with two attached hydrogens (primary N) is 1. The molecule has 86 valence electrons. The average Bonchev–Trinajstić information content (AvgIpc) is 2.29. The van der Waals surface area contributed by atoms with Crippen molar-refractivity contribution < 1.29 is 9.53 Å². The van der Waals surface area contributed by atoms with Crippen LogP contribution in [0.15, 0.2) is 24.3 Å².